The molecule has 0 saturated carbocycles. The Balaban J connectivity index is 0.000000407. The van der Waals surface area contributed by atoms with Crippen LogP contribution in [0.25, 0.3) is 0 Å². The molecule has 0 fully saturated rings. The van der Waals surface area contributed by atoms with E-state index in [4.69, 9.17) is 15.4 Å². The third-order valence-electron chi connectivity index (χ3n) is 10.5. The standard InChI is InChI=1S/C11H16O2S.C10H17NS.C10H16O3S2.C10H16OS.C10H16S2/c1-9-7-11(10(2)14-9)5-3-4-6-13-8-12;1-8-7-10(9(2)12-8)5-3-4-6-11;1-8-7-10(9(2)14-8)5-3-4-6-15(11,12)13;2*1-8-7-10(9(2)12-8)5-3-4-6-11/h7-8H,3-6H2,1-2H3;7H,3-6,11H2,1-2H3;7H,3-6H2,1-2H3,(H,11,12,13);2*7,11H,3-6H2,1-2H3. The molecule has 0 aliphatic carbocycles. The summed E-state index contributed by atoms with van der Waals surface area (Å²) in [5.74, 6) is 0.886. The highest BCUT2D eigenvalue weighted by Gasteiger charge is 2.07. The fourth-order valence-electron chi connectivity index (χ4n) is 7.12. The van der Waals surface area contributed by atoms with Gasteiger partial charge in [-0.15, -0.1) is 56.7 Å². The van der Waals surface area contributed by atoms with Crippen molar-refractivity contribution >= 4 is 85.9 Å². The number of nitrogens with two attached hydrogens (primary N) is 1. The average molecular weight is 1030 g/mol. The Kier molecular flexibility index (Phi) is 33.2. The third kappa shape index (κ3) is 28.9. The molecule has 5 aromatic heterocycles. The molecule has 65 heavy (non-hydrogen) atoms. The summed E-state index contributed by atoms with van der Waals surface area (Å²) in [5.41, 5.74) is 12.7. The van der Waals surface area contributed by atoms with Gasteiger partial charge in [-0.05, 0) is 236 Å². The molecule has 0 unspecified atom stereocenters. The largest absolute Gasteiger partial charge is 0.468 e. The Hall–Kier alpha value is -1.85. The molecular formula is C51H81NO6S7. The van der Waals surface area contributed by atoms with Gasteiger partial charge in [0.25, 0.3) is 16.6 Å². The summed E-state index contributed by atoms with van der Waals surface area (Å²) in [4.78, 5) is 23.9. The number of aliphatic hydroxyl groups is 1. The van der Waals surface area contributed by atoms with Gasteiger partial charge in [-0.1, -0.05) is 0 Å². The van der Waals surface area contributed by atoms with Gasteiger partial charge in [-0.3, -0.25) is 9.35 Å². The van der Waals surface area contributed by atoms with Crippen molar-refractivity contribution < 1.29 is 27.6 Å². The maximum Gasteiger partial charge on any atom is 0.293 e. The molecule has 368 valence electrons. The van der Waals surface area contributed by atoms with Gasteiger partial charge < -0.3 is 15.6 Å². The lowest BCUT2D eigenvalue weighted by Gasteiger charge is -1.99. The van der Waals surface area contributed by atoms with Gasteiger partial charge in [0.2, 0.25) is 0 Å². The molecule has 0 spiro atoms. The van der Waals surface area contributed by atoms with Crippen LogP contribution in [-0.4, -0.2) is 55.8 Å². The number of carbonyl (C=O) groups is 1. The first-order valence-corrected chi connectivity index (χ1v) is 29.4. The zero-order chi connectivity index (χ0) is 48.8. The topological polar surface area (TPSA) is 127 Å². The van der Waals surface area contributed by atoms with Crippen LogP contribution in [-0.2, 0) is 51.8 Å². The summed E-state index contributed by atoms with van der Waals surface area (Å²) in [6.45, 7) is 23.7. The van der Waals surface area contributed by atoms with Gasteiger partial charge in [0.1, 0.15) is 0 Å². The predicted octanol–water partition coefficient (Wildman–Crippen LogP) is 14.4. The van der Waals surface area contributed by atoms with Gasteiger partial charge >= 0.3 is 0 Å². The van der Waals surface area contributed by atoms with Crippen LogP contribution in [0.1, 0.15) is 141 Å². The SMILES string of the molecule is Cc1cc(CCCCN)c(C)s1.Cc1cc(CCCCO)c(C)s1.Cc1cc(CCCCOC=O)c(C)s1.Cc1cc(CCCCS(=O)(=O)O)c(C)s1.Cc1cc(CCCCS)c(C)s1. The molecule has 0 saturated heterocycles. The van der Waals surface area contributed by atoms with Crippen molar-refractivity contribution in [3.63, 3.8) is 0 Å². The van der Waals surface area contributed by atoms with Crippen molar-refractivity contribution in [3.8, 4) is 0 Å². The minimum Gasteiger partial charge on any atom is -0.468 e. The first kappa shape index (κ1) is 61.2. The second-order valence-electron chi connectivity index (χ2n) is 16.5. The van der Waals surface area contributed by atoms with Crippen LogP contribution in [0.4, 0.5) is 0 Å². The molecule has 0 amide bonds. The van der Waals surface area contributed by atoms with Crippen LogP contribution < -0.4 is 5.73 Å². The number of unbranched alkanes of at least 4 members (excludes halogenated alkanes) is 5. The molecule has 0 aliphatic heterocycles. The van der Waals surface area contributed by atoms with Crippen LogP contribution in [0.3, 0.4) is 0 Å². The fourth-order valence-corrected chi connectivity index (χ4v) is 12.8. The van der Waals surface area contributed by atoms with Crippen molar-refractivity contribution in [2.24, 2.45) is 5.73 Å². The molecule has 5 rings (SSSR count). The van der Waals surface area contributed by atoms with Crippen LogP contribution in [0, 0.1) is 69.2 Å². The van der Waals surface area contributed by atoms with E-state index in [1.54, 1.807) is 16.9 Å². The highest BCUT2D eigenvalue weighted by Crippen LogP contribution is 2.25. The van der Waals surface area contributed by atoms with E-state index in [9.17, 15) is 13.2 Å². The van der Waals surface area contributed by atoms with Crippen LogP contribution >= 0.6 is 69.3 Å². The van der Waals surface area contributed by atoms with Crippen molar-refractivity contribution in [3.05, 3.63) is 107 Å². The van der Waals surface area contributed by atoms with Gasteiger partial charge in [-0.2, -0.15) is 21.0 Å². The Morgan fingerprint density at radius 2 is 0.831 bits per heavy atom. The van der Waals surface area contributed by atoms with E-state index in [0.717, 1.165) is 70.1 Å². The van der Waals surface area contributed by atoms with E-state index >= 15 is 0 Å². The van der Waals surface area contributed by atoms with E-state index in [-0.39, 0.29) is 5.75 Å². The Labute approximate surface area is 419 Å². The second kappa shape index (κ2) is 35.3. The van der Waals surface area contributed by atoms with Crippen LogP contribution in [0.2, 0.25) is 0 Å². The quantitative estimate of drug-likeness (QED) is 0.0222. The van der Waals surface area contributed by atoms with E-state index in [1.807, 2.05) is 45.3 Å². The summed E-state index contributed by atoms with van der Waals surface area (Å²) in [6.07, 6.45) is 15.8. The van der Waals surface area contributed by atoms with Crippen LogP contribution in [0.15, 0.2) is 30.3 Å². The molecule has 5 aromatic rings. The number of aryl methyl sites for hydroxylation is 15. The lowest BCUT2D eigenvalue weighted by molar-refractivity contribution is -0.128. The zero-order valence-electron chi connectivity index (χ0n) is 41.1. The highest BCUT2D eigenvalue weighted by molar-refractivity contribution is 7.85. The number of thiophene rings is 5. The summed E-state index contributed by atoms with van der Waals surface area (Å²) in [5, 5.41) is 8.62. The molecule has 0 bridgehead atoms. The average Bonchev–Trinajstić information content (AvgIpc) is 4.02. The van der Waals surface area contributed by atoms with Crippen molar-refractivity contribution in [1.29, 1.82) is 0 Å². The number of aliphatic hydroxyl groups excluding tert-OH is 1. The van der Waals surface area contributed by atoms with Crippen molar-refractivity contribution in [2.45, 2.75) is 166 Å². The molecule has 0 aliphatic rings. The summed E-state index contributed by atoms with van der Waals surface area (Å²) < 4.78 is 34.1. The minimum atomic E-state index is -3.78. The second-order valence-corrected chi connectivity index (χ2v) is 25.8. The summed E-state index contributed by atoms with van der Waals surface area (Å²) in [6, 6.07) is 11.3. The van der Waals surface area contributed by atoms with Gasteiger partial charge in [0.05, 0.1) is 12.4 Å². The molecular weight excluding hydrogens is 947 g/mol. The van der Waals surface area contributed by atoms with Crippen molar-refractivity contribution in [1.82, 2.24) is 0 Å². The van der Waals surface area contributed by atoms with E-state index in [0.29, 0.717) is 26.1 Å². The van der Waals surface area contributed by atoms with Gasteiger partial charge in [0.15, 0.2) is 0 Å². The fraction of sp³-hybridized carbons (Fsp3) is 0.588. The number of ether oxygens (including phenoxy) is 1. The summed E-state index contributed by atoms with van der Waals surface area (Å²) >= 11 is 13.5. The van der Waals surface area contributed by atoms with Gasteiger partial charge in [0, 0.05) is 55.4 Å². The maximum atomic E-state index is 10.5. The number of hydrogen-bond acceptors (Lipinski definition) is 12. The molecule has 0 aromatic carbocycles. The molecule has 14 heteroatoms. The lowest BCUT2D eigenvalue weighted by atomic mass is 10.1. The third-order valence-corrected chi connectivity index (χ3v) is 16.6. The molecule has 5 heterocycles. The predicted molar refractivity (Wildman–Crippen MR) is 292 cm³/mol. The molecule has 4 N–H and O–H groups in total. The zero-order valence-corrected chi connectivity index (χ0v) is 46.9. The van der Waals surface area contributed by atoms with E-state index < -0.39 is 10.1 Å². The minimum absolute atomic E-state index is 0.130. The molecule has 0 radical (unpaired) electrons. The first-order valence-electron chi connectivity index (χ1n) is 23.1. The monoisotopic (exact) mass is 1030 g/mol. The van der Waals surface area contributed by atoms with Gasteiger partial charge in [-0.25, -0.2) is 0 Å². The smallest absolute Gasteiger partial charge is 0.293 e. The Morgan fingerprint density at radius 1 is 0.523 bits per heavy atom. The Bertz CT molecular complexity index is 2000. The lowest BCUT2D eigenvalue weighted by Crippen LogP contribution is -2.03. The van der Waals surface area contributed by atoms with Crippen molar-refractivity contribution in [2.75, 3.05) is 31.3 Å². The Morgan fingerprint density at radius 3 is 1.09 bits per heavy atom. The molecule has 7 nitrogen and oxygen atoms in total. The first-order chi connectivity index (χ1) is 30.8. The number of hydrogen-bond donors (Lipinski definition) is 4. The van der Waals surface area contributed by atoms with Crippen LogP contribution in [0.5, 0.6) is 0 Å². The summed E-state index contributed by atoms with van der Waals surface area (Å²) in [7, 11) is -3.78. The molecule has 0 atom stereocenters. The van der Waals surface area contributed by atoms with E-state index in [1.165, 1.54) is 103 Å². The number of thiol groups is 1. The normalized spacial score (nSPS) is 10.8. The number of carbonyl (C=O) groups excluding carboxylic acids is 1. The van der Waals surface area contributed by atoms with E-state index in [2.05, 4.69) is 117 Å². The number of rotatable bonds is 23. The highest BCUT2D eigenvalue weighted by atomic mass is 32.2. The maximum absolute atomic E-state index is 10.5.